The molecule has 1 amide bonds. The molecule has 122 valence electrons. The number of nitrogens with zero attached hydrogens (tertiary/aromatic N) is 3. The standard InChI is InChI=1S/C17H16N4O2S/c22-15-11-5-1-2-6-12(11)19-14(20-15)17(23)21-9-4-3-7-13(21)16-18-8-10-24-16/h1-2,5-6,8,10,13H,3-4,7,9H2,(H,19,20,22). The van der Waals surface area contributed by atoms with Crippen molar-refractivity contribution < 1.29 is 4.79 Å². The Balaban J connectivity index is 1.73. The molecule has 3 aromatic rings. The van der Waals surface area contributed by atoms with Crippen LogP contribution in [0.5, 0.6) is 0 Å². The highest BCUT2D eigenvalue weighted by Crippen LogP contribution is 2.32. The van der Waals surface area contributed by atoms with Crippen LogP contribution in [0.4, 0.5) is 0 Å². The van der Waals surface area contributed by atoms with Crippen LogP contribution in [0.3, 0.4) is 0 Å². The summed E-state index contributed by atoms with van der Waals surface area (Å²) in [6, 6.07) is 7.00. The molecule has 24 heavy (non-hydrogen) atoms. The van der Waals surface area contributed by atoms with Crippen LogP contribution in [0.25, 0.3) is 10.9 Å². The van der Waals surface area contributed by atoms with Crippen LogP contribution in [0.15, 0.2) is 40.6 Å². The molecule has 1 aliphatic rings. The number of thiazole rings is 1. The number of rotatable bonds is 2. The quantitative estimate of drug-likeness (QED) is 0.778. The summed E-state index contributed by atoms with van der Waals surface area (Å²) in [4.78, 5) is 38.3. The zero-order valence-electron chi connectivity index (χ0n) is 12.9. The lowest BCUT2D eigenvalue weighted by molar-refractivity contribution is 0.0598. The van der Waals surface area contributed by atoms with Gasteiger partial charge in [0, 0.05) is 18.1 Å². The minimum atomic E-state index is -0.285. The number of hydrogen-bond acceptors (Lipinski definition) is 5. The van der Waals surface area contributed by atoms with E-state index < -0.39 is 0 Å². The molecule has 0 radical (unpaired) electrons. The van der Waals surface area contributed by atoms with Crippen molar-refractivity contribution in [1.82, 2.24) is 19.9 Å². The van der Waals surface area contributed by atoms with Gasteiger partial charge in [0.15, 0.2) is 5.82 Å². The number of carbonyl (C=O) groups is 1. The van der Waals surface area contributed by atoms with Crippen LogP contribution in [0.1, 0.15) is 40.9 Å². The number of likely N-dealkylation sites (tertiary alicyclic amines) is 1. The highest BCUT2D eigenvalue weighted by atomic mass is 32.1. The second-order valence-corrected chi connectivity index (χ2v) is 6.74. The van der Waals surface area contributed by atoms with E-state index in [1.54, 1.807) is 40.6 Å². The first-order chi connectivity index (χ1) is 11.7. The van der Waals surface area contributed by atoms with Crippen molar-refractivity contribution >= 4 is 28.1 Å². The van der Waals surface area contributed by atoms with Crippen LogP contribution < -0.4 is 5.56 Å². The summed E-state index contributed by atoms with van der Waals surface area (Å²) >= 11 is 1.55. The number of hydrogen-bond donors (Lipinski definition) is 1. The maximum absolute atomic E-state index is 13.0. The van der Waals surface area contributed by atoms with E-state index in [1.807, 2.05) is 11.4 Å². The normalized spacial score (nSPS) is 18.0. The third-order valence-electron chi connectivity index (χ3n) is 4.32. The van der Waals surface area contributed by atoms with Crippen molar-refractivity contribution in [2.45, 2.75) is 25.3 Å². The van der Waals surface area contributed by atoms with Crippen molar-refractivity contribution in [3.8, 4) is 0 Å². The molecule has 1 unspecified atom stereocenters. The largest absolute Gasteiger partial charge is 0.327 e. The van der Waals surface area contributed by atoms with Gasteiger partial charge in [0.1, 0.15) is 5.01 Å². The fourth-order valence-electron chi connectivity index (χ4n) is 3.15. The molecule has 7 heteroatoms. The smallest absolute Gasteiger partial charge is 0.290 e. The number of para-hydroxylation sites is 1. The fourth-order valence-corrected chi connectivity index (χ4v) is 3.94. The summed E-state index contributed by atoms with van der Waals surface area (Å²) < 4.78 is 0. The molecule has 2 aromatic heterocycles. The van der Waals surface area contributed by atoms with Gasteiger partial charge in [0.2, 0.25) is 0 Å². The molecule has 0 spiro atoms. The van der Waals surface area contributed by atoms with Gasteiger partial charge in [-0.3, -0.25) is 9.59 Å². The van der Waals surface area contributed by atoms with Gasteiger partial charge in [-0.2, -0.15) is 0 Å². The summed E-state index contributed by atoms with van der Waals surface area (Å²) in [5.74, 6) is -0.139. The van der Waals surface area contributed by atoms with E-state index in [1.165, 1.54) is 0 Å². The van der Waals surface area contributed by atoms with Crippen molar-refractivity contribution in [1.29, 1.82) is 0 Å². The number of nitrogens with one attached hydrogen (secondary N) is 1. The molecule has 0 bridgehead atoms. The summed E-state index contributed by atoms with van der Waals surface area (Å²) in [7, 11) is 0. The molecule has 1 saturated heterocycles. The van der Waals surface area contributed by atoms with E-state index in [-0.39, 0.29) is 23.3 Å². The highest BCUT2D eigenvalue weighted by molar-refractivity contribution is 7.09. The third-order valence-corrected chi connectivity index (χ3v) is 5.19. The molecule has 0 aliphatic carbocycles. The van der Waals surface area contributed by atoms with E-state index >= 15 is 0 Å². The number of fused-ring (bicyclic) bond motifs is 1. The van der Waals surface area contributed by atoms with Crippen LogP contribution in [-0.2, 0) is 0 Å². The lowest BCUT2D eigenvalue weighted by Crippen LogP contribution is -2.40. The third kappa shape index (κ3) is 2.60. The molecule has 4 rings (SSSR count). The second kappa shape index (κ2) is 6.16. The molecule has 1 aromatic carbocycles. The number of amides is 1. The predicted octanol–water partition coefficient (Wildman–Crippen LogP) is 2.75. The number of aromatic nitrogens is 3. The molecule has 1 aliphatic heterocycles. The van der Waals surface area contributed by atoms with E-state index in [9.17, 15) is 9.59 Å². The first-order valence-electron chi connectivity index (χ1n) is 7.93. The number of aromatic amines is 1. The lowest BCUT2D eigenvalue weighted by atomic mass is 10.0. The summed E-state index contributed by atoms with van der Waals surface area (Å²) in [5, 5.41) is 3.35. The van der Waals surface area contributed by atoms with Crippen LogP contribution in [0.2, 0.25) is 0 Å². The first-order valence-corrected chi connectivity index (χ1v) is 8.81. The minimum absolute atomic E-state index is 0.0389. The minimum Gasteiger partial charge on any atom is -0.327 e. The Morgan fingerprint density at radius 1 is 1.29 bits per heavy atom. The number of carbonyl (C=O) groups excluding carboxylic acids is 1. The molecular weight excluding hydrogens is 324 g/mol. The van der Waals surface area contributed by atoms with Gasteiger partial charge in [-0.1, -0.05) is 12.1 Å². The summed E-state index contributed by atoms with van der Waals surface area (Å²) in [6.07, 6.45) is 4.66. The average molecular weight is 340 g/mol. The van der Waals surface area contributed by atoms with E-state index in [2.05, 4.69) is 15.0 Å². The summed E-state index contributed by atoms with van der Waals surface area (Å²) in [6.45, 7) is 0.652. The SMILES string of the molecule is O=C(c1nc2ccccc2c(=O)[nH]1)N1CCCCC1c1nccs1. The maximum atomic E-state index is 13.0. The first kappa shape index (κ1) is 15.0. The topological polar surface area (TPSA) is 79.0 Å². The average Bonchev–Trinajstić information content (AvgIpc) is 3.15. The van der Waals surface area contributed by atoms with Gasteiger partial charge >= 0.3 is 0 Å². The molecule has 0 saturated carbocycles. The van der Waals surface area contributed by atoms with E-state index in [0.717, 1.165) is 24.3 Å². The Labute approximate surface area is 142 Å². The van der Waals surface area contributed by atoms with Crippen LogP contribution in [0, 0.1) is 0 Å². The molecule has 1 N–H and O–H groups in total. The van der Waals surface area contributed by atoms with Gasteiger partial charge in [-0.05, 0) is 31.4 Å². The molecular formula is C17H16N4O2S. The lowest BCUT2D eigenvalue weighted by Gasteiger charge is -2.34. The van der Waals surface area contributed by atoms with Gasteiger partial charge < -0.3 is 9.88 Å². The van der Waals surface area contributed by atoms with Crippen LogP contribution in [-0.4, -0.2) is 32.3 Å². The number of benzene rings is 1. The van der Waals surface area contributed by atoms with Crippen molar-refractivity contribution in [2.75, 3.05) is 6.54 Å². The fraction of sp³-hybridized carbons (Fsp3) is 0.294. The van der Waals surface area contributed by atoms with Crippen molar-refractivity contribution in [3.63, 3.8) is 0 Å². The Hall–Kier alpha value is -2.54. The highest BCUT2D eigenvalue weighted by Gasteiger charge is 2.31. The van der Waals surface area contributed by atoms with Gasteiger partial charge in [0.25, 0.3) is 11.5 Å². The molecule has 1 atom stereocenters. The second-order valence-electron chi connectivity index (χ2n) is 5.81. The van der Waals surface area contributed by atoms with Crippen molar-refractivity contribution in [3.05, 3.63) is 57.0 Å². The van der Waals surface area contributed by atoms with E-state index in [4.69, 9.17) is 0 Å². The zero-order chi connectivity index (χ0) is 16.5. The Bertz CT molecular complexity index is 935. The summed E-state index contributed by atoms with van der Waals surface area (Å²) in [5.41, 5.74) is 0.249. The monoisotopic (exact) mass is 340 g/mol. The van der Waals surface area contributed by atoms with Gasteiger partial charge in [-0.25, -0.2) is 9.97 Å². The zero-order valence-corrected chi connectivity index (χ0v) is 13.8. The van der Waals surface area contributed by atoms with E-state index in [0.29, 0.717) is 17.4 Å². The number of H-pyrrole nitrogens is 1. The Morgan fingerprint density at radius 2 is 2.17 bits per heavy atom. The Morgan fingerprint density at radius 3 is 3.00 bits per heavy atom. The molecule has 1 fully saturated rings. The number of piperidine rings is 1. The molecule has 6 nitrogen and oxygen atoms in total. The van der Waals surface area contributed by atoms with Crippen molar-refractivity contribution in [2.24, 2.45) is 0 Å². The van der Waals surface area contributed by atoms with Gasteiger partial charge in [0.05, 0.1) is 16.9 Å². The molecule has 3 heterocycles. The predicted molar refractivity (Wildman–Crippen MR) is 92.1 cm³/mol. The maximum Gasteiger partial charge on any atom is 0.290 e. The van der Waals surface area contributed by atoms with Gasteiger partial charge in [-0.15, -0.1) is 11.3 Å². The Kier molecular flexibility index (Phi) is 3.86. The van der Waals surface area contributed by atoms with Crippen LogP contribution >= 0.6 is 11.3 Å².